The molecule has 1 heterocycles. The average molecular weight is 347 g/mol. The molecule has 1 aliphatic carbocycles. The van der Waals surface area contributed by atoms with Crippen molar-refractivity contribution >= 4 is 29.3 Å². The van der Waals surface area contributed by atoms with Crippen LogP contribution in [0.3, 0.4) is 0 Å². The third kappa shape index (κ3) is 3.92. The molecular weight excluding hydrogens is 322 g/mol. The highest BCUT2D eigenvalue weighted by Gasteiger charge is 2.35. The highest BCUT2D eigenvalue weighted by Crippen LogP contribution is 2.27. The first-order valence-corrected chi connectivity index (χ1v) is 9.81. The predicted molar refractivity (Wildman–Crippen MR) is 98.3 cm³/mol. The molecule has 3 N–H and O–H groups in total. The van der Waals surface area contributed by atoms with Crippen LogP contribution in [0.5, 0.6) is 0 Å². The van der Waals surface area contributed by atoms with Crippen LogP contribution in [0.2, 0.25) is 0 Å². The van der Waals surface area contributed by atoms with Crippen molar-refractivity contribution in [3.05, 3.63) is 29.8 Å². The molecule has 5 nitrogen and oxygen atoms in total. The van der Waals surface area contributed by atoms with Gasteiger partial charge < -0.3 is 16.0 Å². The Morgan fingerprint density at radius 3 is 2.54 bits per heavy atom. The molecule has 24 heavy (non-hydrogen) atoms. The van der Waals surface area contributed by atoms with Crippen LogP contribution in [-0.4, -0.2) is 46.8 Å². The van der Waals surface area contributed by atoms with Gasteiger partial charge in [0.25, 0.3) is 5.91 Å². The molecular formula is C18H25N3O2S. The predicted octanol–water partition coefficient (Wildman–Crippen LogP) is 2.48. The summed E-state index contributed by atoms with van der Waals surface area (Å²) in [4.78, 5) is 27.0. The molecule has 0 unspecified atom stereocenters. The number of thioether (sulfide) groups is 1. The first kappa shape index (κ1) is 17.3. The van der Waals surface area contributed by atoms with E-state index in [0.717, 1.165) is 56.7 Å². The maximum absolute atomic E-state index is 12.6. The molecule has 0 bridgehead atoms. The molecule has 6 heteroatoms. The van der Waals surface area contributed by atoms with Crippen LogP contribution < -0.4 is 11.1 Å². The second-order valence-electron chi connectivity index (χ2n) is 6.66. The summed E-state index contributed by atoms with van der Waals surface area (Å²) in [5.41, 5.74) is 6.77. The lowest BCUT2D eigenvalue weighted by Crippen LogP contribution is -2.52. The molecule has 1 aliphatic heterocycles. The van der Waals surface area contributed by atoms with E-state index in [1.54, 1.807) is 12.1 Å². The van der Waals surface area contributed by atoms with E-state index in [1.165, 1.54) is 0 Å². The van der Waals surface area contributed by atoms with Gasteiger partial charge in [-0.15, -0.1) is 0 Å². The van der Waals surface area contributed by atoms with Crippen LogP contribution in [0.25, 0.3) is 0 Å². The van der Waals surface area contributed by atoms with E-state index in [2.05, 4.69) is 5.32 Å². The lowest BCUT2D eigenvalue weighted by Gasteiger charge is -2.31. The van der Waals surface area contributed by atoms with E-state index in [9.17, 15) is 9.59 Å². The number of anilines is 1. The Balaban J connectivity index is 1.68. The Labute approximate surface area is 147 Å². The molecule has 0 atom stereocenters. The van der Waals surface area contributed by atoms with Crippen molar-refractivity contribution in [2.45, 2.75) is 37.6 Å². The molecule has 0 spiro atoms. The molecule has 130 valence electrons. The zero-order valence-corrected chi connectivity index (χ0v) is 14.7. The van der Waals surface area contributed by atoms with Crippen molar-refractivity contribution in [1.82, 2.24) is 4.90 Å². The highest BCUT2D eigenvalue weighted by molar-refractivity contribution is 7.99. The van der Waals surface area contributed by atoms with Crippen LogP contribution in [0.1, 0.15) is 42.5 Å². The lowest BCUT2D eigenvalue weighted by molar-refractivity contribution is -0.122. The monoisotopic (exact) mass is 347 g/mol. The van der Waals surface area contributed by atoms with E-state index in [4.69, 9.17) is 5.73 Å². The van der Waals surface area contributed by atoms with Gasteiger partial charge in [0.2, 0.25) is 5.91 Å². The minimum absolute atomic E-state index is 0.0338. The zero-order valence-electron chi connectivity index (χ0n) is 13.9. The van der Waals surface area contributed by atoms with E-state index in [1.807, 2.05) is 28.8 Å². The Hall–Kier alpha value is -1.53. The molecule has 1 saturated heterocycles. The second-order valence-corrected chi connectivity index (χ2v) is 7.88. The Morgan fingerprint density at radius 1 is 1.12 bits per heavy atom. The number of hydrogen-bond acceptors (Lipinski definition) is 4. The van der Waals surface area contributed by atoms with Crippen molar-refractivity contribution in [2.75, 3.05) is 29.9 Å². The number of amides is 2. The largest absolute Gasteiger partial charge is 0.337 e. The van der Waals surface area contributed by atoms with Gasteiger partial charge in [0.15, 0.2) is 0 Å². The van der Waals surface area contributed by atoms with E-state index >= 15 is 0 Å². The first-order chi connectivity index (χ1) is 11.6. The summed E-state index contributed by atoms with van der Waals surface area (Å²) >= 11 is 1.87. The van der Waals surface area contributed by atoms with Crippen LogP contribution in [-0.2, 0) is 4.79 Å². The molecule has 2 aliphatic rings. The minimum atomic E-state index is -0.775. The fraction of sp³-hybridized carbons (Fsp3) is 0.556. The SMILES string of the molecule is NC1(C(=O)Nc2cccc(C(=O)N3CCSCC3)c2)CCCCC1. The van der Waals surface area contributed by atoms with Gasteiger partial charge in [0, 0.05) is 35.8 Å². The van der Waals surface area contributed by atoms with Crippen molar-refractivity contribution < 1.29 is 9.59 Å². The Bertz CT molecular complexity index is 608. The van der Waals surface area contributed by atoms with Gasteiger partial charge in [-0.3, -0.25) is 9.59 Å². The summed E-state index contributed by atoms with van der Waals surface area (Å²) < 4.78 is 0. The third-order valence-corrected chi connectivity index (χ3v) is 5.81. The van der Waals surface area contributed by atoms with Crippen LogP contribution in [0, 0.1) is 0 Å². The molecule has 2 amide bonds. The van der Waals surface area contributed by atoms with E-state index in [-0.39, 0.29) is 11.8 Å². The van der Waals surface area contributed by atoms with Gasteiger partial charge in [-0.1, -0.05) is 25.3 Å². The molecule has 3 rings (SSSR count). The normalized spacial score (nSPS) is 20.5. The summed E-state index contributed by atoms with van der Waals surface area (Å²) in [6.07, 6.45) is 4.58. The number of nitrogens with one attached hydrogen (secondary N) is 1. The van der Waals surface area contributed by atoms with E-state index < -0.39 is 5.54 Å². The highest BCUT2D eigenvalue weighted by atomic mass is 32.2. The lowest BCUT2D eigenvalue weighted by atomic mass is 9.82. The maximum atomic E-state index is 12.6. The number of hydrogen-bond donors (Lipinski definition) is 2. The maximum Gasteiger partial charge on any atom is 0.253 e. The topological polar surface area (TPSA) is 75.4 Å². The fourth-order valence-corrected chi connectivity index (χ4v) is 4.25. The molecule has 2 fully saturated rings. The van der Waals surface area contributed by atoms with Gasteiger partial charge in [0.1, 0.15) is 0 Å². The van der Waals surface area contributed by atoms with Crippen molar-refractivity contribution in [3.8, 4) is 0 Å². The quantitative estimate of drug-likeness (QED) is 0.881. The Kier molecular flexibility index (Phi) is 5.46. The van der Waals surface area contributed by atoms with Crippen molar-refractivity contribution in [3.63, 3.8) is 0 Å². The first-order valence-electron chi connectivity index (χ1n) is 8.66. The average Bonchev–Trinajstić information content (AvgIpc) is 2.62. The number of carbonyl (C=O) groups excluding carboxylic acids is 2. The van der Waals surface area contributed by atoms with Crippen LogP contribution in [0.15, 0.2) is 24.3 Å². The summed E-state index contributed by atoms with van der Waals surface area (Å²) in [6, 6.07) is 7.19. The number of carbonyl (C=O) groups is 2. The second kappa shape index (κ2) is 7.57. The third-order valence-electron chi connectivity index (χ3n) is 4.86. The number of rotatable bonds is 3. The van der Waals surface area contributed by atoms with Gasteiger partial charge in [0.05, 0.1) is 5.54 Å². The van der Waals surface area contributed by atoms with Crippen molar-refractivity contribution in [2.24, 2.45) is 5.73 Å². The summed E-state index contributed by atoms with van der Waals surface area (Å²) in [5.74, 6) is 1.86. The van der Waals surface area contributed by atoms with Gasteiger partial charge in [-0.25, -0.2) is 0 Å². The summed E-state index contributed by atoms with van der Waals surface area (Å²) in [6.45, 7) is 1.57. The van der Waals surface area contributed by atoms with Crippen LogP contribution >= 0.6 is 11.8 Å². The van der Waals surface area contributed by atoms with Gasteiger partial charge >= 0.3 is 0 Å². The molecule has 0 radical (unpaired) electrons. The summed E-state index contributed by atoms with van der Waals surface area (Å²) in [5, 5.41) is 2.91. The standard InChI is InChI=1S/C18H25N3O2S/c19-18(7-2-1-3-8-18)17(23)20-15-6-4-5-14(13-15)16(22)21-9-11-24-12-10-21/h4-6,13H,1-3,7-12,19H2,(H,20,23). The smallest absolute Gasteiger partial charge is 0.253 e. The van der Waals surface area contributed by atoms with Crippen LogP contribution in [0.4, 0.5) is 5.69 Å². The molecule has 0 aromatic heterocycles. The number of nitrogens with zero attached hydrogens (tertiary/aromatic N) is 1. The van der Waals surface area contributed by atoms with Gasteiger partial charge in [-0.05, 0) is 31.0 Å². The fourth-order valence-electron chi connectivity index (χ4n) is 3.34. The van der Waals surface area contributed by atoms with Gasteiger partial charge in [-0.2, -0.15) is 11.8 Å². The molecule has 1 aromatic rings. The number of nitrogens with two attached hydrogens (primary N) is 1. The van der Waals surface area contributed by atoms with E-state index in [0.29, 0.717) is 11.3 Å². The zero-order chi connectivity index (χ0) is 17.0. The number of benzene rings is 1. The summed E-state index contributed by atoms with van der Waals surface area (Å²) in [7, 11) is 0. The minimum Gasteiger partial charge on any atom is -0.337 e. The Morgan fingerprint density at radius 2 is 1.83 bits per heavy atom. The molecule has 1 aromatic carbocycles. The molecule has 1 saturated carbocycles. The van der Waals surface area contributed by atoms with Crippen molar-refractivity contribution in [1.29, 1.82) is 0 Å².